The molecule has 3 heterocycles. The van der Waals surface area contributed by atoms with Gasteiger partial charge in [-0.3, -0.25) is 0 Å². The van der Waals surface area contributed by atoms with Crippen molar-refractivity contribution in [2.45, 2.75) is 26.2 Å². The van der Waals surface area contributed by atoms with E-state index in [9.17, 15) is 5.26 Å². The lowest BCUT2D eigenvalue weighted by Crippen LogP contribution is -2.63. The van der Waals surface area contributed by atoms with Gasteiger partial charge in [0.05, 0.1) is 17.3 Å². The number of hydrogen-bond donors (Lipinski definition) is 0. The van der Waals surface area contributed by atoms with Gasteiger partial charge in [-0.2, -0.15) is 5.26 Å². The van der Waals surface area contributed by atoms with Gasteiger partial charge in [0.2, 0.25) is 0 Å². The zero-order valence-electron chi connectivity index (χ0n) is 36.5. The molecular formula is C59H43B2N3O. The summed E-state index contributed by atoms with van der Waals surface area (Å²) in [5.74, 6) is 1.75. The molecule has 306 valence electrons. The molecule has 0 amide bonds. The minimum Gasteiger partial charge on any atom is -0.458 e. The molecule has 9 aromatic carbocycles. The molecule has 0 aliphatic carbocycles. The van der Waals surface area contributed by atoms with Crippen LogP contribution in [0.3, 0.4) is 0 Å². The maximum Gasteiger partial charge on any atom is 0.252 e. The molecule has 0 saturated carbocycles. The summed E-state index contributed by atoms with van der Waals surface area (Å²) in [6.07, 6.45) is 0. The first-order chi connectivity index (χ1) is 31.8. The average molecular weight is 832 g/mol. The largest absolute Gasteiger partial charge is 0.458 e. The summed E-state index contributed by atoms with van der Waals surface area (Å²) in [5.41, 5.74) is 20.0. The van der Waals surface area contributed by atoms with E-state index < -0.39 is 0 Å². The first-order valence-electron chi connectivity index (χ1n) is 22.5. The quantitative estimate of drug-likeness (QED) is 0.162. The molecule has 0 fully saturated rings. The van der Waals surface area contributed by atoms with E-state index in [1.807, 2.05) is 18.2 Å². The first-order valence-corrected chi connectivity index (χ1v) is 22.5. The third-order valence-corrected chi connectivity index (χ3v) is 13.5. The Bertz CT molecular complexity index is 3380. The van der Waals surface area contributed by atoms with Crippen LogP contribution < -0.4 is 47.3 Å². The predicted molar refractivity (Wildman–Crippen MR) is 272 cm³/mol. The van der Waals surface area contributed by atoms with Crippen molar-refractivity contribution in [1.29, 1.82) is 5.26 Å². The fourth-order valence-corrected chi connectivity index (χ4v) is 10.5. The zero-order chi connectivity index (χ0) is 43.8. The second-order valence-electron chi connectivity index (χ2n) is 18.4. The Kier molecular flexibility index (Phi) is 8.97. The summed E-state index contributed by atoms with van der Waals surface area (Å²) < 4.78 is 7.01. The number of hydrogen-bond acceptors (Lipinski definition) is 4. The van der Waals surface area contributed by atoms with Crippen LogP contribution in [0.15, 0.2) is 206 Å². The fraction of sp³-hybridized carbons (Fsp3) is 0.0678. The van der Waals surface area contributed by atoms with Crippen molar-refractivity contribution in [2.75, 3.05) is 9.80 Å². The molecule has 0 N–H and O–H groups in total. The van der Waals surface area contributed by atoms with Gasteiger partial charge in [0.15, 0.2) is 0 Å². The number of nitrogens with zero attached hydrogens (tertiary/aromatic N) is 3. The molecule has 65 heavy (non-hydrogen) atoms. The predicted octanol–water partition coefficient (Wildman–Crippen LogP) is 10.9. The molecule has 0 bridgehead atoms. The Balaban J connectivity index is 1.17. The van der Waals surface area contributed by atoms with E-state index in [0.717, 1.165) is 67.7 Å². The molecule has 3 aliphatic rings. The minimum atomic E-state index is -0.123. The van der Waals surface area contributed by atoms with Crippen molar-refractivity contribution in [1.82, 2.24) is 0 Å². The maximum absolute atomic E-state index is 10.2. The summed E-state index contributed by atoms with van der Waals surface area (Å²) in [4.78, 5) is 4.93. The van der Waals surface area contributed by atoms with Crippen LogP contribution in [0.1, 0.15) is 31.9 Å². The third-order valence-electron chi connectivity index (χ3n) is 13.5. The van der Waals surface area contributed by atoms with E-state index in [0.29, 0.717) is 5.56 Å². The normalized spacial score (nSPS) is 13.1. The summed E-state index contributed by atoms with van der Waals surface area (Å²) in [6, 6.07) is 76.7. The van der Waals surface area contributed by atoms with Gasteiger partial charge in [0.25, 0.3) is 13.4 Å². The van der Waals surface area contributed by atoms with Crippen LogP contribution in [0.4, 0.5) is 34.1 Å². The highest BCUT2D eigenvalue weighted by Gasteiger charge is 2.45. The van der Waals surface area contributed by atoms with Crippen LogP contribution >= 0.6 is 0 Å². The number of rotatable bonds is 5. The molecule has 0 aromatic heterocycles. The van der Waals surface area contributed by atoms with Gasteiger partial charge in [0, 0.05) is 40.1 Å². The minimum absolute atomic E-state index is 0.0251. The highest BCUT2D eigenvalue weighted by Crippen LogP contribution is 2.48. The fourth-order valence-electron chi connectivity index (χ4n) is 10.5. The maximum atomic E-state index is 10.2. The molecule has 3 aliphatic heterocycles. The second-order valence-corrected chi connectivity index (χ2v) is 18.4. The van der Waals surface area contributed by atoms with E-state index in [2.05, 4.69) is 225 Å². The highest BCUT2D eigenvalue weighted by molar-refractivity contribution is 7.01. The van der Waals surface area contributed by atoms with Crippen molar-refractivity contribution in [3.63, 3.8) is 0 Å². The third kappa shape index (κ3) is 6.30. The van der Waals surface area contributed by atoms with Crippen LogP contribution in [0.2, 0.25) is 0 Å². The van der Waals surface area contributed by atoms with E-state index in [-0.39, 0.29) is 18.8 Å². The standard InChI is InChI=1S/C59H43B2N3O/c1-59(2,3)43-33-42(40-18-7-4-8-19-40)34-45(35-43)63-53-27-17-28-54-58(53)61(47-24-13-15-26-52(47)64(54)51-31-30-39(38-62)32-46(51)41-20-9-5-10-21-41)49-36-50-57(37-55(49)63)65-56-29-16-14-25-48(56)60(50)44-22-11-6-12-23-44/h4-37H,1-3H3. The van der Waals surface area contributed by atoms with Gasteiger partial charge in [-0.05, 0) is 110 Å². The van der Waals surface area contributed by atoms with Gasteiger partial charge in [0.1, 0.15) is 11.5 Å². The molecule has 0 saturated heterocycles. The molecule has 6 heteroatoms. The van der Waals surface area contributed by atoms with Crippen molar-refractivity contribution < 1.29 is 4.74 Å². The number of anilines is 6. The number of fused-ring (bicyclic) bond motifs is 6. The van der Waals surface area contributed by atoms with Crippen LogP contribution in [0.25, 0.3) is 22.3 Å². The van der Waals surface area contributed by atoms with Crippen LogP contribution in [-0.2, 0) is 5.41 Å². The SMILES string of the molecule is CC(C)(C)c1cc(-c2ccccc2)cc(N2c3cc4c(cc3B3c5ccccc5N(c5ccc(C#N)cc5-c5ccccc5)c5cccc2c53)B(c2ccccc2)c2ccccc2O4)c1. The zero-order valence-corrected chi connectivity index (χ0v) is 36.5. The Hall–Kier alpha value is -8.00. The Morgan fingerprint density at radius 3 is 1.83 bits per heavy atom. The lowest BCUT2D eigenvalue weighted by Gasteiger charge is -2.45. The van der Waals surface area contributed by atoms with Crippen molar-refractivity contribution in [2.24, 2.45) is 0 Å². The highest BCUT2D eigenvalue weighted by atomic mass is 16.5. The molecule has 9 aromatic rings. The lowest BCUT2D eigenvalue weighted by atomic mass is 9.31. The van der Waals surface area contributed by atoms with E-state index >= 15 is 0 Å². The number of para-hydroxylation sites is 2. The topological polar surface area (TPSA) is 39.5 Å². The first kappa shape index (κ1) is 38.7. The summed E-state index contributed by atoms with van der Waals surface area (Å²) in [5, 5.41) is 10.2. The van der Waals surface area contributed by atoms with E-state index in [1.165, 1.54) is 38.5 Å². The monoisotopic (exact) mass is 831 g/mol. The average Bonchev–Trinajstić information content (AvgIpc) is 3.35. The molecular weight excluding hydrogens is 788 g/mol. The molecule has 4 nitrogen and oxygen atoms in total. The number of ether oxygens (including phenoxy) is 1. The summed E-state index contributed by atoms with van der Waals surface area (Å²) >= 11 is 0. The molecule has 0 spiro atoms. The Morgan fingerprint density at radius 2 is 1.09 bits per heavy atom. The van der Waals surface area contributed by atoms with Crippen molar-refractivity contribution in [3.8, 4) is 39.8 Å². The van der Waals surface area contributed by atoms with Crippen LogP contribution in [-0.4, -0.2) is 13.4 Å². The smallest absolute Gasteiger partial charge is 0.252 e. The summed E-state index contributed by atoms with van der Waals surface area (Å²) in [6.45, 7) is 6.77. The van der Waals surface area contributed by atoms with Gasteiger partial charge in [-0.1, -0.05) is 172 Å². The molecule has 0 unspecified atom stereocenters. The number of benzene rings is 9. The molecule has 12 rings (SSSR count). The molecule has 0 radical (unpaired) electrons. The van der Waals surface area contributed by atoms with Crippen LogP contribution in [0.5, 0.6) is 11.5 Å². The molecule has 0 atom stereocenters. The summed E-state index contributed by atoms with van der Waals surface area (Å²) in [7, 11) is 0. The van der Waals surface area contributed by atoms with Crippen molar-refractivity contribution >= 4 is 80.3 Å². The van der Waals surface area contributed by atoms with E-state index in [4.69, 9.17) is 4.74 Å². The second kappa shape index (κ2) is 15.1. The van der Waals surface area contributed by atoms with Gasteiger partial charge in [-0.25, -0.2) is 0 Å². The van der Waals surface area contributed by atoms with Gasteiger partial charge >= 0.3 is 0 Å². The van der Waals surface area contributed by atoms with Gasteiger partial charge < -0.3 is 14.5 Å². The Morgan fingerprint density at radius 1 is 0.446 bits per heavy atom. The number of nitriles is 1. The van der Waals surface area contributed by atoms with E-state index in [1.54, 1.807) is 0 Å². The van der Waals surface area contributed by atoms with Gasteiger partial charge in [-0.15, -0.1) is 0 Å². The van der Waals surface area contributed by atoms with Crippen LogP contribution in [0, 0.1) is 11.3 Å². The van der Waals surface area contributed by atoms with Crippen molar-refractivity contribution in [3.05, 3.63) is 217 Å². The Labute approximate surface area is 381 Å². The lowest BCUT2D eigenvalue weighted by molar-refractivity contribution is 0.488.